The molecule has 0 bridgehead atoms. The first-order valence-electron chi connectivity index (χ1n) is 14.6. The lowest BCUT2D eigenvalue weighted by atomic mass is 9.82. The van der Waals surface area contributed by atoms with Gasteiger partial charge in [0.15, 0.2) is 12.6 Å². The van der Waals surface area contributed by atoms with Crippen LogP contribution in [0.5, 0.6) is 0 Å². The number of hydrogen-bond donors (Lipinski definition) is 8. The number of carbonyl (C=O) groups excluding carboxylic acids is 3. The fourth-order valence-electron chi connectivity index (χ4n) is 6.08. The summed E-state index contributed by atoms with van der Waals surface area (Å²) in [6.07, 6.45) is -5.86. The van der Waals surface area contributed by atoms with Crippen molar-refractivity contribution in [1.29, 1.82) is 0 Å². The van der Waals surface area contributed by atoms with Gasteiger partial charge in [-0.1, -0.05) is 6.92 Å². The van der Waals surface area contributed by atoms with Gasteiger partial charge in [0.25, 0.3) is 0 Å². The van der Waals surface area contributed by atoms with Gasteiger partial charge in [-0.2, -0.15) is 0 Å². The largest absolute Gasteiger partial charge is 0.388 e. The Morgan fingerprint density at radius 1 is 0.905 bits per heavy atom. The van der Waals surface area contributed by atoms with Gasteiger partial charge in [0, 0.05) is 33.4 Å². The molecule has 1 saturated carbocycles. The zero-order valence-corrected chi connectivity index (χ0v) is 25.3. The van der Waals surface area contributed by atoms with Crippen molar-refractivity contribution in [2.24, 2.45) is 0 Å². The Labute approximate surface area is 246 Å². The molecule has 2 aliphatic heterocycles. The van der Waals surface area contributed by atoms with E-state index in [0.717, 1.165) is 0 Å². The van der Waals surface area contributed by atoms with E-state index in [9.17, 15) is 29.7 Å². The van der Waals surface area contributed by atoms with Gasteiger partial charge in [0.1, 0.15) is 30.0 Å². The van der Waals surface area contributed by atoms with Gasteiger partial charge in [-0.15, -0.1) is 0 Å². The molecule has 15 heteroatoms. The Hall–Kier alpha value is -1.95. The molecule has 15 nitrogen and oxygen atoms in total. The number of ether oxygens (including phenoxy) is 4. The van der Waals surface area contributed by atoms with E-state index in [1.165, 1.54) is 20.8 Å². The van der Waals surface area contributed by atoms with Gasteiger partial charge in [-0.05, 0) is 39.8 Å². The van der Waals surface area contributed by atoms with Crippen molar-refractivity contribution in [3.63, 3.8) is 0 Å². The van der Waals surface area contributed by atoms with Crippen LogP contribution in [-0.4, -0.2) is 133 Å². The quantitative estimate of drug-likeness (QED) is 0.121. The van der Waals surface area contributed by atoms with E-state index in [1.54, 1.807) is 14.0 Å². The molecule has 3 fully saturated rings. The SMILES string of the molecule is CCN[C@@H]1C[C@H](NC(C)=O)[C@@H](O[C@H]2O[C@H](CNC(C)=O)CC[C@H]2NC(C)=O)[C@@H](O)[C@H]1O[C@H]1OC[C@](C)(O)[C@H](NC)[C@H]1O. The second kappa shape index (κ2) is 15.2. The molecule has 2 saturated heterocycles. The topological polar surface area (TPSA) is 209 Å². The van der Waals surface area contributed by atoms with Crippen LogP contribution in [0.25, 0.3) is 0 Å². The number of aliphatic hydroxyl groups is 3. The van der Waals surface area contributed by atoms with Crippen LogP contribution >= 0.6 is 0 Å². The normalized spacial score (nSPS) is 40.6. The van der Waals surface area contributed by atoms with Gasteiger partial charge in [-0.25, -0.2) is 0 Å². The van der Waals surface area contributed by atoms with Gasteiger partial charge < -0.3 is 60.9 Å². The van der Waals surface area contributed by atoms with Crippen molar-refractivity contribution >= 4 is 17.7 Å². The summed E-state index contributed by atoms with van der Waals surface area (Å²) in [6.45, 7) is 8.24. The molecule has 3 amide bonds. The van der Waals surface area contributed by atoms with Crippen molar-refractivity contribution in [2.45, 2.75) is 127 Å². The lowest BCUT2D eigenvalue weighted by Crippen LogP contribution is -2.69. The summed E-state index contributed by atoms with van der Waals surface area (Å²) in [5, 5.41) is 48.0. The highest BCUT2D eigenvalue weighted by Crippen LogP contribution is 2.33. The maximum Gasteiger partial charge on any atom is 0.217 e. The summed E-state index contributed by atoms with van der Waals surface area (Å²) >= 11 is 0. The Balaban J connectivity index is 1.87. The van der Waals surface area contributed by atoms with Crippen LogP contribution in [0.1, 0.15) is 53.9 Å². The van der Waals surface area contributed by atoms with Gasteiger partial charge in [-0.3, -0.25) is 14.4 Å². The zero-order chi connectivity index (χ0) is 31.2. The van der Waals surface area contributed by atoms with Gasteiger partial charge in [0.05, 0.1) is 30.8 Å². The molecule has 1 aliphatic carbocycles. The third kappa shape index (κ3) is 8.80. The van der Waals surface area contributed by atoms with Crippen LogP contribution in [-0.2, 0) is 33.3 Å². The average molecular weight is 604 g/mol. The molecule has 242 valence electrons. The van der Waals surface area contributed by atoms with Gasteiger partial charge in [0.2, 0.25) is 17.7 Å². The minimum absolute atomic E-state index is 0.118. The molecule has 3 aliphatic rings. The highest BCUT2D eigenvalue weighted by molar-refractivity contribution is 5.74. The molecule has 42 heavy (non-hydrogen) atoms. The summed E-state index contributed by atoms with van der Waals surface area (Å²) in [6, 6.07) is -2.45. The zero-order valence-electron chi connectivity index (χ0n) is 25.3. The molecule has 0 radical (unpaired) electrons. The summed E-state index contributed by atoms with van der Waals surface area (Å²) < 4.78 is 24.4. The second-order valence-corrected chi connectivity index (χ2v) is 11.6. The highest BCUT2D eigenvalue weighted by atomic mass is 16.7. The van der Waals surface area contributed by atoms with Crippen LogP contribution in [0.3, 0.4) is 0 Å². The molecule has 8 N–H and O–H groups in total. The summed E-state index contributed by atoms with van der Waals surface area (Å²) in [5.41, 5.74) is -1.35. The molecule has 3 rings (SSSR count). The number of amides is 3. The number of carbonyl (C=O) groups is 3. The maximum atomic E-state index is 12.2. The molecular weight excluding hydrogens is 554 g/mol. The van der Waals surface area contributed by atoms with Crippen molar-refractivity contribution in [2.75, 3.05) is 26.7 Å². The predicted molar refractivity (Wildman–Crippen MR) is 149 cm³/mol. The van der Waals surface area contributed by atoms with Crippen molar-refractivity contribution in [1.82, 2.24) is 26.6 Å². The van der Waals surface area contributed by atoms with E-state index in [2.05, 4.69) is 26.6 Å². The average Bonchev–Trinajstić information content (AvgIpc) is 2.89. The fraction of sp³-hybridized carbons (Fsp3) is 0.889. The van der Waals surface area contributed by atoms with Crippen LogP contribution in [0, 0.1) is 0 Å². The molecule has 0 unspecified atom stereocenters. The molecule has 0 aromatic carbocycles. The third-order valence-electron chi connectivity index (χ3n) is 7.97. The predicted octanol–water partition coefficient (Wildman–Crippen LogP) is -2.79. The van der Waals surface area contributed by atoms with E-state index < -0.39 is 72.9 Å². The van der Waals surface area contributed by atoms with Crippen molar-refractivity contribution in [3.8, 4) is 0 Å². The van der Waals surface area contributed by atoms with Gasteiger partial charge >= 0.3 is 0 Å². The van der Waals surface area contributed by atoms with Crippen molar-refractivity contribution < 1.29 is 48.7 Å². The standard InChI is InChI=1S/C27H49N5O10/c1-7-29-18-10-19(32-15(4)35)23(20(36)22(18)42-26-21(37)24(28-6)27(5,38)12-39-26)41-25-17(31-14(3)34)9-8-16(40-25)11-30-13(2)33/h16-26,28-29,36-38H,7-12H2,1-6H3,(H,30,33)(H,31,34)(H,32,35)/t16-,17+,18+,19-,20-,21+,22-,23+,24+,25+,26+,27-/m0/s1. The first-order valence-corrected chi connectivity index (χ1v) is 14.6. The van der Waals surface area contributed by atoms with Crippen LogP contribution < -0.4 is 26.6 Å². The van der Waals surface area contributed by atoms with E-state index in [0.29, 0.717) is 25.8 Å². The number of nitrogens with one attached hydrogen (secondary N) is 5. The molecule has 0 aromatic heterocycles. The Bertz CT molecular complexity index is 926. The summed E-state index contributed by atoms with van der Waals surface area (Å²) in [7, 11) is 1.61. The number of likely N-dealkylation sites (N-methyl/N-ethyl adjacent to an activating group) is 2. The number of hydrogen-bond acceptors (Lipinski definition) is 12. The molecule has 0 spiro atoms. The minimum Gasteiger partial charge on any atom is -0.388 e. The first-order chi connectivity index (χ1) is 19.8. The lowest BCUT2D eigenvalue weighted by molar-refractivity contribution is -0.309. The maximum absolute atomic E-state index is 12.2. The summed E-state index contributed by atoms with van der Waals surface area (Å²) in [5.74, 6) is -0.823. The first kappa shape index (κ1) is 34.5. The van der Waals surface area contributed by atoms with Crippen molar-refractivity contribution in [3.05, 3.63) is 0 Å². The third-order valence-corrected chi connectivity index (χ3v) is 7.97. The Morgan fingerprint density at radius 3 is 2.12 bits per heavy atom. The smallest absolute Gasteiger partial charge is 0.217 e. The van der Waals surface area contributed by atoms with Crippen LogP contribution in [0.15, 0.2) is 0 Å². The number of aliphatic hydroxyl groups excluding tert-OH is 2. The minimum atomic E-state index is -1.35. The Kier molecular flexibility index (Phi) is 12.5. The van der Waals surface area contributed by atoms with E-state index in [1.807, 2.05) is 6.92 Å². The van der Waals surface area contributed by atoms with Crippen LogP contribution in [0.4, 0.5) is 0 Å². The molecule has 12 atom stereocenters. The van der Waals surface area contributed by atoms with Crippen LogP contribution in [0.2, 0.25) is 0 Å². The fourth-order valence-corrected chi connectivity index (χ4v) is 6.08. The second-order valence-electron chi connectivity index (χ2n) is 11.6. The lowest BCUT2D eigenvalue weighted by Gasteiger charge is -2.50. The molecular formula is C27H49N5O10. The number of rotatable bonds is 11. The molecule has 0 aromatic rings. The van der Waals surface area contributed by atoms with E-state index >= 15 is 0 Å². The monoisotopic (exact) mass is 603 g/mol. The van der Waals surface area contributed by atoms with E-state index in [-0.39, 0.29) is 30.9 Å². The Morgan fingerprint density at radius 2 is 1.52 bits per heavy atom. The molecule has 2 heterocycles. The summed E-state index contributed by atoms with van der Waals surface area (Å²) in [4.78, 5) is 35.6. The highest BCUT2D eigenvalue weighted by Gasteiger charge is 2.52. The van der Waals surface area contributed by atoms with E-state index in [4.69, 9.17) is 18.9 Å².